The first-order chi connectivity index (χ1) is 10.1. The fourth-order valence-electron chi connectivity index (χ4n) is 1.47. The Morgan fingerprint density at radius 3 is 2.57 bits per heavy atom. The van der Waals surface area contributed by atoms with Crippen LogP contribution < -0.4 is 14.8 Å². The van der Waals surface area contributed by atoms with Crippen LogP contribution in [-0.4, -0.2) is 26.8 Å². The van der Waals surface area contributed by atoms with Crippen molar-refractivity contribution in [2.75, 3.05) is 26.1 Å². The molecule has 1 aromatic rings. The Balaban J connectivity index is 3.06. The molecule has 0 fully saturated rings. The lowest BCUT2D eigenvalue weighted by Crippen LogP contribution is -2.08. The Morgan fingerprint density at radius 2 is 2.05 bits per heavy atom. The molecule has 0 saturated carbocycles. The van der Waals surface area contributed by atoms with Crippen LogP contribution in [0.3, 0.4) is 0 Å². The number of methoxy groups -OCH3 is 2. The number of hydrogen-bond acceptors (Lipinski definition) is 6. The molecule has 7 heteroatoms. The van der Waals surface area contributed by atoms with E-state index in [2.05, 4.69) is 5.32 Å². The average molecular weight is 311 g/mol. The van der Waals surface area contributed by atoms with Gasteiger partial charge in [-0.1, -0.05) is 11.6 Å². The summed E-state index contributed by atoms with van der Waals surface area (Å²) >= 11 is 5.99. The van der Waals surface area contributed by atoms with Crippen LogP contribution in [0.2, 0.25) is 5.02 Å². The summed E-state index contributed by atoms with van der Waals surface area (Å²) in [4.78, 5) is 11.5. The quantitative estimate of drug-likeness (QED) is 0.494. The molecule has 0 amide bonds. The first kappa shape index (κ1) is 16.7. The van der Waals surface area contributed by atoms with Crippen molar-refractivity contribution in [3.05, 3.63) is 28.9 Å². The Morgan fingerprint density at radius 1 is 1.38 bits per heavy atom. The Kier molecular flexibility index (Phi) is 6.37. The number of esters is 1. The summed E-state index contributed by atoms with van der Waals surface area (Å²) in [6.45, 7) is 1.85. The maximum absolute atomic E-state index is 11.5. The number of benzene rings is 1. The molecule has 0 unspecified atom stereocenters. The number of hydrogen-bond donors (Lipinski definition) is 1. The molecule has 1 aromatic carbocycles. The molecule has 0 saturated heterocycles. The molecule has 0 aliphatic rings. The average Bonchev–Trinajstić information content (AvgIpc) is 2.48. The highest BCUT2D eigenvalue weighted by Crippen LogP contribution is 2.35. The fraction of sp³-hybridized carbons (Fsp3) is 0.286. The van der Waals surface area contributed by atoms with Crippen LogP contribution in [0.5, 0.6) is 11.5 Å². The highest BCUT2D eigenvalue weighted by atomic mass is 35.5. The minimum absolute atomic E-state index is 0.159. The highest BCUT2D eigenvalue weighted by Gasteiger charge is 2.12. The van der Waals surface area contributed by atoms with Crippen LogP contribution in [0.4, 0.5) is 5.69 Å². The molecule has 0 bridgehead atoms. The zero-order valence-corrected chi connectivity index (χ0v) is 12.7. The van der Waals surface area contributed by atoms with Crippen LogP contribution in [0, 0.1) is 11.3 Å². The van der Waals surface area contributed by atoms with Crippen molar-refractivity contribution in [2.24, 2.45) is 0 Å². The van der Waals surface area contributed by atoms with Crippen LogP contribution in [-0.2, 0) is 9.53 Å². The Bertz CT molecular complexity index is 593. The van der Waals surface area contributed by atoms with E-state index < -0.39 is 5.97 Å². The van der Waals surface area contributed by atoms with Gasteiger partial charge >= 0.3 is 5.97 Å². The maximum Gasteiger partial charge on any atom is 0.350 e. The van der Waals surface area contributed by atoms with Crippen molar-refractivity contribution in [2.45, 2.75) is 6.92 Å². The molecule has 21 heavy (non-hydrogen) atoms. The number of anilines is 1. The van der Waals surface area contributed by atoms with Gasteiger partial charge in [-0.25, -0.2) is 4.79 Å². The number of nitriles is 1. The van der Waals surface area contributed by atoms with Gasteiger partial charge in [-0.05, 0) is 6.92 Å². The summed E-state index contributed by atoms with van der Waals surface area (Å²) in [6, 6.07) is 4.92. The summed E-state index contributed by atoms with van der Waals surface area (Å²) in [6.07, 6.45) is 1.24. The van der Waals surface area contributed by atoms with E-state index in [-0.39, 0.29) is 12.2 Å². The van der Waals surface area contributed by atoms with E-state index in [1.54, 1.807) is 25.1 Å². The van der Waals surface area contributed by atoms with E-state index in [0.717, 1.165) is 0 Å². The van der Waals surface area contributed by atoms with Crippen molar-refractivity contribution in [1.82, 2.24) is 0 Å². The summed E-state index contributed by atoms with van der Waals surface area (Å²) < 4.78 is 15.0. The number of halogens is 1. The minimum Gasteiger partial charge on any atom is -0.495 e. The Hall–Kier alpha value is -2.39. The van der Waals surface area contributed by atoms with Crippen molar-refractivity contribution >= 4 is 23.3 Å². The highest BCUT2D eigenvalue weighted by molar-refractivity contribution is 6.32. The lowest BCUT2D eigenvalue weighted by molar-refractivity contribution is -0.138. The molecule has 1 rings (SSSR count). The predicted molar refractivity (Wildman–Crippen MR) is 78.5 cm³/mol. The van der Waals surface area contributed by atoms with Gasteiger partial charge in [0.15, 0.2) is 5.57 Å². The molecule has 0 atom stereocenters. The van der Waals surface area contributed by atoms with E-state index in [0.29, 0.717) is 22.2 Å². The van der Waals surface area contributed by atoms with Gasteiger partial charge in [0.05, 0.1) is 31.5 Å². The Labute approximate surface area is 127 Å². The third-order valence-corrected chi connectivity index (χ3v) is 2.76. The molecule has 0 aliphatic carbocycles. The van der Waals surface area contributed by atoms with Crippen molar-refractivity contribution in [3.8, 4) is 17.6 Å². The summed E-state index contributed by atoms with van der Waals surface area (Å²) in [5.74, 6) is 0.175. The molecule has 112 valence electrons. The molecule has 0 aromatic heterocycles. The van der Waals surface area contributed by atoms with Crippen LogP contribution >= 0.6 is 11.6 Å². The van der Waals surface area contributed by atoms with Gasteiger partial charge in [-0.2, -0.15) is 5.26 Å². The van der Waals surface area contributed by atoms with Gasteiger partial charge in [0.1, 0.15) is 17.6 Å². The monoisotopic (exact) mass is 310 g/mol. The molecule has 0 spiro atoms. The number of nitrogens with one attached hydrogen (secondary N) is 1. The number of ether oxygens (including phenoxy) is 3. The standard InChI is InChI=1S/C14H15ClN2O4/c1-4-21-14(18)9(7-16)8-17-11-6-12(19-2)10(15)5-13(11)20-3/h5-6,8,17H,4H2,1-3H3/b9-8+. The number of nitrogens with zero attached hydrogens (tertiary/aromatic N) is 1. The largest absolute Gasteiger partial charge is 0.495 e. The van der Waals surface area contributed by atoms with Crippen LogP contribution in [0.1, 0.15) is 6.92 Å². The summed E-state index contributed by atoms with van der Waals surface area (Å²) in [5, 5.41) is 12.1. The molecule has 6 nitrogen and oxygen atoms in total. The number of carbonyl (C=O) groups excluding carboxylic acids is 1. The second-order valence-electron chi connectivity index (χ2n) is 3.72. The third-order valence-electron chi connectivity index (χ3n) is 2.46. The lowest BCUT2D eigenvalue weighted by Gasteiger charge is -2.12. The van der Waals surface area contributed by atoms with Crippen LogP contribution in [0.25, 0.3) is 0 Å². The van der Waals surface area contributed by atoms with E-state index in [1.807, 2.05) is 0 Å². The van der Waals surface area contributed by atoms with E-state index in [4.69, 9.17) is 31.1 Å². The van der Waals surface area contributed by atoms with E-state index in [9.17, 15) is 4.79 Å². The molecule has 0 radical (unpaired) electrons. The second-order valence-corrected chi connectivity index (χ2v) is 4.13. The normalized spacial score (nSPS) is 10.5. The first-order valence-corrected chi connectivity index (χ1v) is 6.40. The van der Waals surface area contributed by atoms with Crippen LogP contribution in [0.15, 0.2) is 23.9 Å². The minimum atomic E-state index is -0.701. The summed E-state index contributed by atoms with van der Waals surface area (Å²) in [7, 11) is 2.95. The smallest absolute Gasteiger partial charge is 0.350 e. The van der Waals surface area contributed by atoms with Crippen molar-refractivity contribution < 1.29 is 19.0 Å². The summed E-state index contributed by atoms with van der Waals surface area (Å²) in [5.41, 5.74) is 0.337. The van der Waals surface area contributed by atoms with Crippen molar-refractivity contribution in [1.29, 1.82) is 5.26 Å². The predicted octanol–water partition coefficient (Wildman–Crippen LogP) is 2.74. The lowest BCUT2D eigenvalue weighted by atomic mass is 10.2. The number of carbonyl (C=O) groups is 1. The van der Waals surface area contributed by atoms with Gasteiger partial charge in [0, 0.05) is 18.3 Å². The first-order valence-electron chi connectivity index (χ1n) is 6.02. The van der Waals surface area contributed by atoms with E-state index >= 15 is 0 Å². The second kappa shape index (κ2) is 8.02. The maximum atomic E-state index is 11.5. The molecule has 0 heterocycles. The fourth-order valence-corrected chi connectivity index (χ4v) is 1.70. The third kappa shape index (κ3) is 4.29. The molecule has 0 aliphatic heterocycles. The number of rotatable bonds is 6. The molecular weight excluding hydrogens is 296 g/mol. The van der Waals surface area contributed by atoms with Gasteiger partial charge in [0.25, 0.3) is 0 Å². The van der Waals surface area contributed by atoms with Gasteiger partial charge in [0.2, 0.25) is 0 Å². The zero-order valence-electron chi connectivity index (χ0n) is 11.9. The molecule has 1 N–H and O–H groups in total. The van der Waals surface area contributed by atoms with Gasteiger partial charge in [-0.3, -0.25) is 0 Å². The van der Waals surface area contributed by atoms with Gasteiger partial charge < -0.3 is 19.5 Å². The SMILES string of the molecule is CCOC(=O)/C(C#N)=C/Nc1cc(OC)c(Cl)cc1OC. The van der Waals surface area contributed by atoms with Crippen molar-refractivity contribution in [3.63, 3.8) is 0 Å². The van der Waals surface area contributed by atoms with E-state index in [1.165, 1.54) is 20.4 Å². The zero-order chi connectivity index (χ0) is 15.8. The molecular formula is C14H15ClN2O4. The topological polar surface area (TPSA) is 80.6 Å². The van der Waals surface area contributed by atoms with Gasteiger partial charge in [-0.15, -0.1) is 0 Å².